The smallest absolute Gasteiger partial charge is 0.407 e. The molecule has 0 saturated carbocycles. The molecule has 0 atom stereocenters. The lowest BCUT2D eigenvalue weighted by Gasteiger charge is -2.19. The van der Waals surface area contributed by atoms with Crippen LogP contribution in [0.5, 0.6) is 0 Å². The number of alkyl carbamates (subject to hydrolysis) is 1. The van der Waals surface area contributed by atoms with Crippen molar-refractivity contribution >= 4 is 12.0 Å². The molecule has 0 spiro atoms. The first-order chi connectivity index (χ1) is 8.11. The van der Waals surface area contributed by atoms with Crippen LogP contribution in [-0.2, 0) is 9.53 Å². The molecule has 0 aromatic rings. The van der Waals surface area contributed by atoms with Crippen molar-refractivity contribution in [1.82, 2.24) is 10.6 Å². The van der Waals surface area contributed by atoms with Gasteiger partial charge in [0.25, 0.3) is 0 Å². The third kappa shape index (κ3) is 8.61. The highest BCUT2D eigenvalue weighted by molar-refractivity contribution is 5.92. The summed E-state index contributed by atoms with van der Waals surface area (Å²) in [5, 5.41) is 5.33. The van der Waals surface area contributed by atoms with Gasteiger partial charge in [0.05, 0.1) is 0 Å². The molecule has 104 valence electrons. The Morgan fingerprint density at radius 3 is 2.28 bits per heavy atom. The van der Waals surface area contributed by atoms with E-state index < -0.39 is 11.7 Å². The van der Waals surface area contributed by atoms with E-state index >= 15 is 0 Å². The summed E-state index contributed by atoms with van der Waals surface area (Å²) >= 11 is 0. The number of hydrogen-bond donors (Lipinski definition) is 2. The van der Waals surface area contributed by atoms with Crippen LogP contribution >= 0.6 is 0 Å². The van der Waals surface area contributed by atoms with Crippen molar-refractivity contribution in [2.45, 2.75) is 53.2 Å². The van der Waals surface area contributed by atoms with Crippen LogP contribution in [-0.4, -0.2) is 30.2 Å². The van der Waals surface area contributed by atoms with Gasteiger partial charge < -0.3 is 15.4 Å². The van der Waals surface area contributed by atoms with Gasteiger partial charge in [0, 0.05) is 18.2 Å². The van der Waals surface area contributed by atoms with Crippen LogP contribution in [0.3, 0.4) is 0 Å². The maximum Gasteiger partial charge on any atom is 0.407 e. The summed E-state index contributed by atoms with van der Waals surface area (Å²) in [6, 6.07) is 0.0969. The van der Waals surface area contributed by atoms with Gasteiger partial charge in [-0.1, -0.05) is 6.08 Å². The summed E-state index contributed by atoms with van der Waals surface area (Å²) in [5.74, 6) is -0.129. The predicted octanol–water partition coefficient (Wildman–Crippen LogP) is 1.98. The molecule has 0 unspecified atom stereocenters. The molecule has 0 rings (SSSR count). The first-order valence-electron chi connectivity index (χ1n) is 6.06. The summed E-state index contributed by atoms with van der Waals surface area (Å²) in [6.07, 6.45) is 1.16. The van der Waals surface area contributed by atoms with Crippen molar-refractivity contribution in [3.05, 3.63) is 11.6 Å². The van der Waals surface area contributed by atoms with Gasteiger partial charge in [-0.25, -0.2) is 4.79 Å². The molecule has 5 heteroatoms. The van der Waals surface area contributed by atoms with Crippen LogP contribution in [0, 0.1) is 0 Å². The van der Waals surface area contributed by atoms with E-state index in [1.807, 2.05) is 13.8 Å². The average molecular weight is 256 g/mol. The molecule has 0 heterocycles. The highest BCUT2D eigenvalue weighted by atomic mass is 16.6. The van der Waals surface area contributed by atoms with E-state index in [0.717, 1.165) is 0 Å². The van der Waals surface area contributed by atoms with Crippen LogP contribution in [0.1, 0.15) is 41.5 Å². The minimum Gasteiger partial charge on any atom is -0.444 e. The predicted molar refractivity (Wildman–Crippen MR) is 71.3 cm³/mol. The fraction of sp³-hybridized carbons (Fsp3) is 0.692. The summed E-state index contributed by atoms with van der Waals surface area (Å²) in [4.78, 5) is 22.9. The maximum absolute atomic E-state index is 11.5. The number of carbonyl (C=O) groups is 2. The van der Waals surface area contributed by atoms with Gasteiger partial charge in [0.1, 0.15) is 5.60 Å². The Labute approximate surface area is 109 Å². The van der Waals surface area contributed by atoms with Gasteiger partial charge in [-0.3, -0.25) is 4.79 Å². The van der Waals surface area contributed by atoms with Crippen LogP contribution in [0.25, 0.3) is 0 Å². The van der Waals surface area contributed by atoms with Crippen molar-refractivity contribution in [3.63, 3.8) is 0 Å². The van der Waals surface area contributed by atoms with Gasteiger partial charge in [-0.15, -0.1) is 0 Å². The lowest BCUT2D eigenvalue weighted by Crippen LogP contribution is -2.33. The van der Waals surface area contributed by atoms with Gasteiger partial charge in [0.15, 0.2) is 0 Å². The Balaban J connectivity index is 4.09. The Bertz CT molecular complexity index is 328. The van der Waals surface area contributed by atoms with Crippen LogP contribution in [0.2, 0.25) is 0 Å². The molecule has 0 radical (unpaired) electrons. The van der Waals surface area contributed by atoms with E-state index in [1.54, 1.807) is 33.8 Å². The monoisotopic (exact) mass is 256 g/mol. The van der Waals surface area contributed by atoms with Crippen molar-refractivity contribution in [2.75, 3.05) is 6.54 Å². The molecule has 0 bridgehead atoms. The molecule has 0 fully saturated rings. The fourth-order valence-electron chi connectivity index (χ4n) is 1.07. The molecule has 0 aromatic carbocycles. The summed E-state index contributed by atoms with van der Waals surface area (Å²) in [5.41, 5.74) is 0.0532. The van der Waals surface area contributed by atoms with Gasteiger partial charge in [-0.2, -0.15) is 0 Å². The number of amides is 2. The molecular weight excluding hydrogens is 232 g/mol. The van der Waals surface area contributed by atoms with Crippen molar-refractivity contribution < 1.29 is 14.3 Å². The van der Waals surface area contributed by atoms with E-state index in [9.17, 15) is 9.59 Å². The van der Waals surface area contributed by atoms with Crippen LogP contribution < -0.4 is 10.6 Å². The quantitative estimate of drug-likeness (QED) is 0.756. The highest BCUT2D eigenvalue weighted by Gasteiger charge is 2.15. The number of hydrogen-bond acceptors (Lipinski definition) is 3. The molecular formula is C13H24N2O3. The molecule has 5 nitrogen and oxygen atoms in total. The highest BCUT2D eigenvalue weighted by Crippen LogP contribution is 2.06. The maximum atomic E-state index is 11.5. The third-order valence-electron chi connectivity index (χ3n) is 1.83. The molecule has 0 aliphatic rings. The number of nitrogens with one attached hydrogen (secondary N) is 2. The van der Waals surface area contributed by atoms with Crippen molar-refractivity contribution in [3.8, 4) is 0 Å². The SMILES string of the molecule is C/C(=C\CNC(=O)OC(C)(C)C)C(=O)NC(C)C. The number of ether oxygens (including phenoxy) is 1. The number of carbonyl (C=O) groups excluding carboxylic acids is 2. The lowest BCUT2D eigenvalue weighted by atomic mass is 10.2. The molecule has 0 aliphatic heterocycles. The van der Waals surface area contributed by atoms with Crippen LogP contribution in [0.4, 0.5) is 4.79 Å². The van der Waals surface area contributed by atoms with Crippen LogP contribution in [0.15, 0.2) is 11.6 Å². The fourth-order valence-corrected chi connectivity index (χ4v) is 1.07. The second kappa shape index (κ2) is 7.03. The molecule has 18 heavy (non-hydrogen) atoms. The second-order valence-electron chi connectivity index (χ2n) is 5.40. The third-order valence-corrected chi connectivity index (χ3v) is 1.83. The standard InChI is InChI=1S/C13H24N2O3/c1-9(2)15-11(16)10(3)7-8-14-12(17)18-13(4,5)6/h7,9H,8H2,1-6H3,(H,14,17)(H,15,16)/b10-7+. The molecule has 0 aromatic heterocycles. The van der Waals surface area contributed by atoms with E-state index in [1.165, 1.54) is 0 Å². The summed E-state index contributed by atoms with van der Waals surface area (Å²) in [6.45, 7) is 11.1. The summed E-state index contributed by atoms with van der Waals surface area (Å²) in [7, 11) is 0. The molecule has 2 amide bonds. The Kier molecular flexibility index (Phi) is 6.44. The Hall–Kier alpha value is -1.52. The largest absolute Gasteiger partial charge is 0.444 e. The van der Waals surface area contributed by atoms with Crippen molar-refractivity contribution in [1.29, 1.82) is 0 Å². The Morgan fingerprint density at radius 1 is 1.28 bits per heavy atom. The topological polar surface area (TPSA) is 67.4 Å². The number of rotatable bonds is 4. The summed E-state index contributed by atoms with van der Waals surface area (Å²) < 4.78 is 5.06. The first-order valence-corrected chi connectivity index (χ1v) is 6.06. The van der Waals surface area contributed by atoms with Crippen molar-refractivity contribution in [2.24, 2.45) is 0 Å². The van der Waals surface area contributed by atoms with E-state index in [-0.39, 0.29) is 18.5 Å². The first kappa shape index (κ1) is 16.5. The van der Waals surface area contributed by atoms with E-state index in [0.29, 0.717) is 5.57 Å². The van der Waals surface area contributed by atoms with E-state index in [2.05, 4.69) is 10.6 Å². The minimum absolute atomic E-state index is 0.0969. The second-order valence-corrected chi connectivity index (χ2v) is 5.40. The molecule has 2 N–H and O–H groups in total. The van der Waals surface area contributed by atoms with Gasteiger partial charge in [-0.05, 0) is 41.5 Å². The van der Waals surface area contributed by atoms with Gasteiger partial charge >= 0.3 is 6.09 Å². The Morgan fingerprint density at radius 2 is 1.83 bits per heavy atom. The van der Waals surface area contributed by atoms with E-state index in [4.69, 9.17) is 4.74 Å². The normalized spacial score (nSPS) is 12.3. The average Bonchev–Trinajstić information content (AvgIpc) is 2.13. The lowest BCUT2D eigenvalue weighted by molar-refractivity contribution is -0.117. The van der Waals surface area contributed by atoms with Gasteiger partial charge in [0.2, 0.25) is 5.91 Å². The molecule has 0 aliphatic carbocycles. The minimum atomic E-state index is -0.516. The molecule has 0 saturated heterocycles. The zero-order chi connectivity index (χ0) is 14.3. The zero-order valence-corrected chi connectivity index (χ0v) is 12.1. The zero-order valence-electron chi connectivity index (χ0n) is 12.1.